The number of rotatable bonds is 5. The van der Waals surface area contributed by atoms with Crippen molar-refractivity contribution in [2.45, 2.75) is 40.2 Å². The van der Waals surface area contributed by atoms with Crippen LogP contribution in [0.5, 0.6) is 0 Å². The predicted octanol–water partition coefficient (Wildman–Crippen LogP) is 3.78. The maximum Gasteiger partial charge on any atom is 0.0738 e. The molecule has 0 saturated heterocycles. The molecule has 1 rings (SSSR count). The molecule has 1 aromatic heterocycles. The lowest BCUT2D eigenvalue weighted by Crippen LogP contribution is -2.06. The van der Waals surface area contributed by atoms with E-state index in [-0.39, 0.29) is 0 Å². The summed E-state index contributed by atoms with van der Waals surface area (Å²) in [6.45, 7) is 7.26. The molecule has 0 N–H and O–H groups in total. The molecule has 86 valence electrons. The van der Waals surface area contributed by atoms with Gasteiger partial charge in [0, 0.05) is 12.4 Å². The van der Waals surface area contributed by atoms with Crippen LogP contribution >= 0.6 is 27.5 Å². The van der Waals surface area contributed by atoms with E-state index in [1.807, 2.05) is 6.92 Å². The Morgan fingerprint density at radius 1 is 1.53 bits per heavy atom. The molecule has 0 saturated carbocycles. The van der Waals surface area contributed by atoms with Crippen molar-refractivity contribution < 1.29 is 0 Å². The summed E-state index contributed by atoms with van der Waals surface area (Å²) in [6, 6.07) is 0. The van der Waals surface area contributed by atoms with Crippen LogP contribution in [0.25, 0.3) is 0 Å². The average molecular weight is 294 g/mol. The van der Waals surface area contributed by atoms with Gasteiger partial charge in [-0.05, 0) is 48.5 Å². The van der Waals surface area contributed by atoms with Gasteiger partial charge >= 0.3 is 0 Å². The van der Waals surface area contributed by atoms with E-state index >= 15 is 0 Å². The van der Waals surface area contributed by atoms with Crippen LogP contribution < -0.4 is 0 Å². The van der Waals surface area contributed by atoms with Gasteiger partial charge in [0.25, 0.3) is 0 Å². The standard InChI is InChI=1S/C11H18BrClN2/c1-4-15-10(6-5-8(2)7-13)11(12)9(3)14-15/h8H,4-7H2,1-3H3. The van der Waals surface area contributed by atoms with E-state index in [0.29, 0.717) is 5.92 Å². The Balaban J connectivity index is 2.74. The van der Waals surface area contributed by atoms with Crippen molar-refractivity contribution in [2.24, 2.45) is 5.92 Å². The second kappa shape index (κ2) is 5.90. The fourth-order valence-electron chi connectivity index (χ4n) is 1.57. The first-order chi connectivity index (χ1) is 7.10. The van der Waals surface area contributed by atoms with E-state index in [0.717, 1.165) is 35.4 Å². The summed E-state index contributed by atoms with van der Waals surface area (Å²) >= 11 is 9.40. The van der Waals surface area contributed by atoms with Gasteiger partial charge in [-0.2, -0.15) is 5.10 Å². The molecule has 0 fully saturated rings. The number of aromatic nitrogens is 2. The summed E-state index contributed by atoms with van der Waals surface area (Å²) in [7, 11) is 0. The third kappa shape index (κ3) is 3.22. The summed E-state index contributed by atoms with van der Waals surface area (Å²) in [5.74, 6) is 1.30. The first kappa shape index (κ1) is 13.0. The summed E-state index contributed by atoms with van der Waals surface area (Å²) in [4.78, 5) is 0. The van der Waals surface area contributed by atoms with Crippen molar-refractivity contribution in [3.8, 4) is 0 Å². The first-order valence-electron chi connectivity index (χ1n) is 5.37. The van der Waals surface area contributed by atoms with Crippen molar-refractivity contribution in [1.29, 1.82) is 0 Å². The van der Waals surface area contributed by atoms with Crippen LogP contribution in [0, 0.1) is 12.8 Å². The van der Waals surface area contributed by atoms with Crippen LogP contribution in [-0.4, -0.2) is 15.7 Å². The van der Waals surface area contributed by atoms with Crippen LogP contribution in [0.15, 0.2) is 4.47 Å². The van der Waals surface area contributed by atoms with E-state index in [9.17, 15) is 0 Å². The monoisotopic (exact) mass is 292 g/mol. The molecular formula is C11H18BrClN2. The number of aryl methyl sites for hydroxylation is 2. The van der Waals surface area contributed by atoms with Gasteiger partial charge in [-0.15, -0.1) is 11.6 Å². The Morgan fingerprint density at radius 2 is 2.20 bits per heavy atom. The van der Waals surface area contributed by atoms with Crippen molar-refractivity contribution in [1.82, 2.24) is 9.78 Å². The minimum atomic E-state index is 0.569. The lowest BCUT2D eigenvalue weighted by Gasteiger charge is -2.08. The van der Waals surface area contributed by atoms with Crippen LogP contribution in [0.1, 0.15) is 31.7 Å². The fourth-order valence-corrected chi connectivity index (χ4v) is 2.20. The molecule has 0 bridgehead atoms. The molecule has 0 amide bonds. The van der Waals surface area contributed by atoms with Gasteiger partial charge < -0.3 is 0 Å². The quantitative estimate of drug-likeness (QED) is 0.756. The maximum absolute atomic E-state index is 5.80. The van der Waals surface area contributed by atoms with Crippen molar-refractivity contribution in [3.63, 3.8) is 0 Å². The lowest BCUT2D eigenvalue weighted by atomic mass is 10.1. The van der Waals surface area contributed by atoms with Gasteiger partial charge in [-0.3, -0.25) is 4.68 Å². The molecule has 0 spiro atoms. The van der Waals surface area contributed by atoms with E-state index < -0.39 is 0 Å². The average Bonchev–Trinajstić information content (AvgIpc) is 2.52. The number of hydrogen-bond acceptors (Lipinski definition) is 1. The number of alkyl halides is 1. The van der Waals surface area contributed by atoms with Crippen molar-refractivity contribution in [3.05, 3.63) is 15.9 Å². The zero-order valence-electron chi connectivity index (χ0n) is 9.56. The van der Waals surface area contributed by atoms with Gasteiger partial charge in [0.1, 0.15) is 0 Å². The normalized spacial score (nSPS) is 13.1. The molecule has 1 unspecified atom stereocenters. The van der Waals surface area contributed by atoms with E-state index in [1.165, 1.54) is 5.69 Å². The van der Waals surface area contributed by atoms with Gasteiger partial charge in [-0.1, -0.05) is 6.92 Å². The number of hydrogen-bond donors (Lipinski definition) is 0. The SMILES string of the molecule is CCn1nc(C)c(Br)c1CCC(C)CCl. The third-order valence-electron chi connectivity index (χ3n) is 2.59. The summed E-state index contributed by atoms with van der Waals surface area (Å²) < 4.78 is 3.23. The Bertz CT molecular complexity index is 323. The van der Waals surface area contributed by atoms with Gasteiger partial charge in [0.05, 0.1) is 15.9 Å². The Labute approximate surface area is 105 Å². The molecule has 4 heteroatoms. The minimum Gasteiger partial charge on any atom is -0.268 e. The first-order valence-corrected chi connectivity index (χ1v) is 6.70. The Hall–Kier alpha value is -0.0200. The van der Waals surface area contributed by atoms with Crippen LogP contribution in [0.3, 0.4) is 0 Å². The molecular weight excluding hydrogens is 275 g/mol. The van der Waals surface area contributed by atoms with Crippen molar-refractivity contribution in [2.75, 3.05) is 5.88 Å². The highest BCUT2D eigenvalue weighted by Crippen LogP contribution is 2.23. The number of halogens is 2. The van der Waals surface area contributed by atoms with Gasteiger partial charge in [0.2, 0.25) is 0 Å². The zero-order valence-corrected chi connectivity index (χ0v) is 11.9. The second-order valence-corrected chi connectivity index (χ2v) is 5.06. The van der Waals surface area contributed by atoms with Crippen LogP contribution in [-0.2, 0) is 13.0 Å². The molecule has 0 aliphatic carbocycles. The van der Waals surface area contributed by atoms with Crippen LogP contribution in [0.2, 0.25) is 0 Å². The highest BCUT2D eigenvalue weighted by Gasteiger charge is 2.12. The van der Waals surface area contributed by atoms with E-state index in [4.69, 9.17) is 11.6 Å². The van der Waals surface area contributed by atoms with Crippen molar-refractivity contribution >= 4 is 27.5 Å². The third-order valence-corrected chi connectivity index (χ3v) is 4.15. The lowest BCUT2D eigenvalue weighted by molar-refractivity contribution is 0.550. The molecule has 0 aromatic carbocycles. The Morgan fingerprint density at radius 3 is 2.73 bits per heavy atom. The fraction of sp³-hybridized carbons (Fsp3) is 0.727. The topological polar surface area (TPSA) is 17.8 Å². The molecule has 0 aliphatic rings. The largest absolute Gasteiger partial charge is 0.268 e. The second-order valence-electron chi connectivity index (χ2n) is 3.96. The van der Waals surface area contributed by atoms with E-state index in [2.05, 4.69) is 39.6 Å². The van der Waals surface area contributed by atoms with Crippen LogP contribution in [0.4, 0.5) is 0 Å². The van der Waals surface area contributed by atoms with Gasteiger partial charge in [-0.25, -0.2) is 0 Å². The molecule has 1 aromatic rings. The highest BCUT2D eigenvalue weighted by atomic mass is 79.9. The maximum atomic E-state index is 5.80. The molecule has 0 aliphatic heterocycles. The molecule has 0 radical (unpaired) electrons. The summed E-state index contributed by atoms with van der Waals surface area (Å²) in [5.41, 5.74) is 2.37. The smallest absolute Gasteiger partial charge is 0.0738 e. The molecule has 2 nitrogen and oxygen atoms in total. The highest BCUT2D eigenvalue weighted by molar-refractivity contribution is 9.10. The zero-order chi connectivity index (χ0) is 11.4. The summed E-state index contributed by atoms with van der Waals surface area (Å²) in [6.07, 6.45) is 2.16. The minimum absolute atomic E-state index is 0.569. The summed E-state index contributed by atoms with van der Waals surface area (Å²) in [5, 5.41) is 4.47. The molecule has 1 heterocycles. The number of nitrogens with zero attached hydrogens (tertiary/aromatic N) is 2. The molecule has 15 heavy (non-hydrogen) atoms. The predicted molar refractivity (Wildman–Crippen MR) is 68.5 cm³/mol. The van der Waals surface area contributed by atoms with E-state index in [1.54, 1.807) is 0 Å². The van der Waals surface area contributed by atoms with Gasteiger partial charge in [0.15, 0.2) is 0 Å². The Kier molecular flexibility index (Phi) is 5.13. The molecule has 1 atom stereocenters.